The third-order valence-electron chi connectivity index (χ3n) is 3.86. The van der Waals surface area contributed by atoms with E-state index in [-0.39, 0.29) is 17.2 Å². The Kier molecular flexibility index (Phi) is 6.60. The Hall–Kier alpha value is -1.36. The van der Waals surface area contributed by atoms with E-state index >= 15 is 0 Å². The van der Waals surface area contributed by atoms with E-state index in [4.69, 9.17) is 0 Å². The minimum Gasteiger partial charge on any atom is -0.340 e. The van der Waals surface area contributed by atoms with Crippen molar-refractivity contribution in [1.82, 2.24) is 14.7 Å². The highest BCUT2D eigenvalue weighted by molar-refractivity contribution is 5.81. The van der Waals surface area contributed by atoms with Crippen LogP contribution in [0.2, 0.25) is 0 Å². The van der Waals surface area contributed by atoms with Crippen LogP contribution in [0.15, 0.2) is 12.2 Å². The molecule has 0 spiro atoms. The first-order valence-corrected chi connectivity index (χ1v) is 8.09. The fourth-order valence-electron chi connectivity index (χ4n) is 2.58. The van der Waals surface area contributed by atoms with Crippen LogP contribution in [-0.2, 0) is 9.59 Å². The largest absolute Gasteiger partial charge is 0.340 e. The maximum Gasteiger partial charge on any atom is 0.237 e. The minimum atomic E-state index is -0.335. The van der Waals surface area contributed by atoms with E-state index in [9.17, 15) is 9.59 Å². The van der Waals surface area contributed by atoms with E-state index < -0.39 is 0 Å². The Morgan fingerprint density at radius 3 is 2.09 bits per heavy atom. The van der Waals surface area contributed by atoms with Gasteiger partial charge in [0.1, 0.15) is 0 Å². The van der Waals surface area contributed by atoms with Crippen molar-refractivity contribution < 1.29 is 9.59 Å². The van der Waals surface area contributed by atoms with Gasteiger partial charge in [-0.15, -0.1) is 0 Å². The van der Waals surface area contributed by atoms with Crippen molar-refractivity contribution in [2.75, 3.05) is 45.8 Å². The smallest absolute Gasteiger partial charge is 0.237 e. The molecule has 1 heterocycles. The molecule has 0 aromatic carbocycles. The molecule has 0 unspecified atom stereocenters. The fraction of sp³-hybridized carbons (Fsp3) is 0.765. The molecule has 0 saturated carbocycles. The van der Waals surface area contributed by atoms with Crippen LogP contribution in [0.25, 0.3) is 0 Å². The lowest BCUT2D eigenvalue weighted by molar-refractivity contribution is -0.141. The molecule has 126 valence electrons. The van der Waals surface area contributed by atoms with Crippen molar-refractivity contribution in [1.29, 1.82) is 0 Å². The van der Waals surface area contributed by atoms with E-state index in [0.29, 0.717) is 32.7 Å². The number of nitrogens with zero attached hydrogens (tertiary/aromatic N) is 3. The van der Waals surface area contributed by atoms with Crippen LogP contribution in [0.5, 0.6) is 0 Å². The van der Waals surface area contributed by atoms with Crippen LogP contribution in [0.1, 0.15) is 34.6 Å². The van der Waals surface area contributed by atoms with Crippen molar-refractivity contribution in [3.05, 3.63) is 12.2 Å². The van der Waals surface area contributed by atoms with Crippen molar-refractivity contribution in [2.45, 2.75) is 34.6 Å². The summed E-state index contributed by atoms with van der Waals surface area (Å²) in [4.78, 5) is 30.4. The quantitative estimate of drug-likeness (QED) is 0.725. The SMILES string of the molecule is C=C(C)CN(CC)C(=O)CN1CCN(C(=O)C(C)(C)C)CC1. The van der Waals surface area contributed by atoms with Gasteiger partial charge in [-0.05, 0) is 13.8 Å². The lowest BCUT2D eigenvalue weighted by Crippen LogP contribution is -2.53. The first-order valence-electron chi connectivity index (χ1n) is 8.09. The molecule has 1 saturated heterocycles. The van der Waals surface area contributed by atoms with Gasteiger partial charge in [0.05, 0.1) is 6.54 Å². The number of likely N-dealkylation sites (N-methyl/N-ethyl adjacent to an activating group) is 1. The van der Waals surface area contributed by atoms with Crippen molar-refractivity contribution >= 4 is 11.8 Å². The number of rotatable bonds is 5. The topological polar surface area (TPSA) is 43.9 Å². The third-order valence-corrected chi connectivity index (χ3v) is 3.86. The second kappa shape index (κ2) is 7.77. The number of carbonyl (C=O) groups is 2. The molecule has 0 aromatic heterocycles. The van der Waals surface area contributed by atoms with E-state index in [1.165, 1.54) is 0 Å². The average molecular weight is 309 g/mol. The molecule has 1 aliphatic heterocycles. The standard InChI is InChI=1S/C17H31N3O2/c1-7-19(12-14(2)3)15(21)13-18-8-10-20(11-9-18)16(22)17(4,5)6/h2,7-13H2,1,3-6H3. The summed E-state index contributed by atoms with van der Waals surface area (Å²) in [5.74, 6) is 0.331. The Morgan fingerprint density at radius 1 is 1.14 bits per heavy atom. The lowest BCUT2D eigenvalue weighted by atomic mass is 9.94. The van der Waals surface area contributed by atoms with Gasteiger partial charge in [0.25, 0.3) is 0 Å². The highest BCUT2D eigenvalue weighted by Crippen LogP contribution is 2.18. The van der Waals surface area contributed by atoms with E-state index in [1.807, 2.05) is 44.4 Å². The van der Waals surface area contributed by atoms with Crippen LogP contribution in [0.3, 0.4) is 0 Å². The summed E-state index contributed by atoms with van der Waals surface area (Å²) in [6.45, 7) is 18.3. The van der Waals surface area contributed by atoms with Gasteiger partial charge in [0.2, 0.25) is 11.8 Å². The van der Waals surface area contributed by atoms with Gasteiger partial charge in [-0.25, -0.2) is 0 Å². The predicted octanol–water partition coefficient (Wildman–Crippen LogP) is 1.60. The van der Waals surface area contributed by atoms with Crippen LogP contribution >= 0.6 is 0 Å². The number of hydrogen-bond donors (Lipinski definition) is 0. The maximum atomic E-state index is 12.3. The zero-order valence-electron chi connectivity index (χ0n) is 14.8. The summed E-state index contributed by atoms with van der Waals surface area (Å²) in [6, 6.07) is 0. The molecule has 22 heavy (non-hydrogen) atoms. The second-order valence-electron chi connectivity index (χ2n) is 7.18. The van der Waals surface area contributed by atoms with Crippen LogP contribution in [0, 0.1) is 5.41 Å². The van der Waals surface area contributed by atoms with E-state index in [0.717, 1.165) is 18.7 Å². The van der Waals surface area contributed by atoms with Gasteiger partial charge in [0.15, 0.2) is 0 Å². The third kappa shape index (κ3) is 5.44. The summed E-state index contributed by atoms with van der Waals surface area (Å²) in [5, 5.41) is 0. The number of piperazine rings is 1. The fourth-order valence-corrected chi connectivity index (χ4v) is 2.58. The molecule has 1 fully saturated rings. The Labute approximate surface area is 134 Å². The zero-order chi connectivity index (χ0) is 16.9. The van der Waals surface area contributed by atoms with Gasteiger partial charge in [-0.2, -0.15) is 0 Å². The molecule has 2 amide bonds. The lowest BCUT2D eigenvalue weighted by Gasteiger charge is -2.38. The molecule has 1 aliphatic rings. The highest BCUT2D eigenvalue weighted by atomic mass is 16.2. The monoisotopic (exact) mass is 309 g/mol. The summed E-state index contributed by atoms with van der Waals surface area (Å²) in [5.41, 5.74) is 0.661. The molecule has 0 aromatic rings. The summed E-state index contributed by atoms with van der Waals surface area (Å²) in [7, 11) is 0. The normalized spacial score (nSPS) is 16.5. The average Bonchev–Trinajstić information content (AvgIpc) is 2.43. The summed E-state index contributed by atoms with van der Waals surface area (Å²) in [6.07, 6.45) is 0. The zero-order valence-corrected chi connectivity index (χ0v) is 14.8. The van der Waals surface area contributed by atoms with Gasteiger partial charge < -0.3 is 9.80 Å². The molecular weight excluding hydrogens is 278 g/mol. The predicted molar refractivity (Wildman–Crippen MR) is 89.5 cm³/mol. The van der Waals surface area contributed by atoms with Gasteiger partial charge >= 0.3 is 0 Å². The molecule has 0 aliphatic carbocycles. The summed E-state index contributed by atoms with van der Waals surface area (Å²) >= 11 is 0. The molecule has 5 heteroatoms. The van der Waals surface area contributed by atoms with Crippen molar-refractivity contribution in [3.8, 4) is 0 Å². The van der Waals surface area contributed by atoms with Crippen molar-refractivity contribution in [2.24, 2.45) is 5.41 Å². The number of carbonyl (C=O) groups excluding carboxylic acids is 2. The van der Waals surface area contributed by atoms with Gasteiger partial charge in [-0.1, -0.05) is 32.9 Å². The molecular formula is C17H31N3O2. The second-order valence-corrected chi connectivity index (χ2v) is 7.18. The highest BCUT2D eigenvalue weighted by Gasteiger charge is 2.30. The van der Waals surface area contributed by atoms with Crippen LogP contribution in [-0.4, -0.2) is 72.3 Å². The molecule has 1 rings (SSSR count). The van der Waals surface area contributed by atoms with Crippen LogP contribution in [0.4, 0.5) is 0 Å². The molecule has 0 bridgehead atoms. The van der Waals surface area contributed by atoms with Gasteiger partial charge in [0, 0.05) is 44.7 Å². The van der Waals surface area contributed by atoms with Gasteiger partial charge in [-0.3, -0.25) is 14.5 Å². The minimum absolute atomic E-state index is 0.140. The number of amides is 2. The molecule has 5 nitrogen and oxygen atoms in total. The Morgan fingerprint density at radius 2 is 1.68 bits per heavy atom. The Balaban J connectivity index is 2.47. The Bertz CT molecular complexity index is 418. The first kappa shape index (κ1) is 18.7. The molecule has 0 atom stereocenters. The van der Waals surface area contributed by atoms with Crippen LogP contribution < -0.4 is 0 Å². The van der Waals surface area contributed by atoms with Crippen molar-refractivity contribution in [3.63, 3.8) is 0 Å². The maximum absolute atomic E-state index is 12.3. The first-order chi connectivity index (χ1) is 10.1. The van der Waals surface area contributed by atoms with E-state index in [2.05, 4.69) is 11.5 Å². The van der Waals surface area contributed by atoms with E-state index in [1.54, 1.807) is 0 Å². The summed E-state index contributed by atoms with van der Waals surface area (Å²) < 4.78 is 0. The molecule has 0 radical (unpaired) electrons. The number of hydrogen-bond acceptors (Lipinski definition) is 3. The molecule has 0 N–H and O–H groups in total.